The van der Waals surface area contributed by atoms with Crippen LogP contribution in [0.15, 0.2) is 18.2 Å². The van der Waals surface area contributed by atoms with E-state index < -0.39 is 22.6 Å². The molecule has 42 heavy (non-hydrogen) atoms. The van der Waals surface area contributed by atoms with Crippen LogP contribution in [0.3, 0.4) is 0 Å². The Kier molecular flexibility index (Phi) is 11.7. The summed E-state index contributed by atoms with van der Waals surface area (Å²) < 4.78 is 20.1. The molecule has 5 atom stereocenters. The zero-order valence-corrected chi connectivity index (χ0v) is 30.8. The van der Waals surface area contributed by atoms with Gasteiger partial charge in [0.15, 0.2) is 23.2 Å². The molecule has 2 aliphatic rings. The molecular formula is C35H62O5Si2. The van der Waals surface area contributed by atoms with Gasteiger partial charge in [0.05, 0.1) is 0 Å². The summed E-state index contributed by atoms with van der Waals surface area (Å²) in [4.78, 5) is 11.2. The summed E-state index contributed by atoms with van der Waals surface area (Å²) in [6.45, 7) is 25.6. The molecule has 1 aromatic carbocycles. The largest absolute Gasteiger partial charge is 0.482 e. The second-order valence-corrected chi connectivity index (χ2v) is 25.8. The summed E-state index contributed by atoms with van der Waals surface area (Å²) in [5, 5.41) is 9.58. The maximum absolute atomic E-state index is 11.2. The lowest BCUT2D eigenvalue weighted by Gasteiger charge is -2.42. The highest BCUT2D eigenvalue weighted by Crippen LogP contribution is 2.52. The van der Waals surface area contributed by atoms with Gasteiger partial charge in [-0.1, -0.05) is 79.9 Å². The van der Waals surface area contributed by atoms with E-state index in [0.29, 0.717) is 23.9 Å². The third-order valence-corrected chi connectivity index (χ3v) is 20.2. The Morgan fingerprint density at radius 3 is 2.24 bits per heavy atom. The monoisotopic (exact) mass is 618 g/mol. The second kappa shape index (κ2) is 13.9. The Morgan fingerprint density at radius 2 is 1.64 bits per heavy atom. The number of carboxylic acids is 1. The Morgan fingerprint density at radius 1 is 0.976 bits per heavy atom. The van der Waals surface area contributed by atoms with Crippen LogP contribution in [0.2, 0.25) is 36.3 Å². The zero-order chi connectivity index (χ0) is 31.5. The van der Waals surface area contributed by atoms with Gasteiger partial charge in [0.1, 0.15) is 5.75 Å². The summed E-state index contributed by atoms with van der Waals surface area (Å²) in [5.74, 6) is 1.44. The Balaban J connectivity index is 1.87. The molecule has 0 unspecified atom stereocenters. The fourth-order valence-electron chi connectivity index (χ4n) is 6.60. The Labute approximate surface area is 259 Å². The van der Waals surface area contributed by atoms with Crippen LogP contribution >= 0.6 is 0 Å². The van der Waals surface area contributed by atoms with Gasteiger partial charge >= 0.3 is 5.97 Å². The zero-order valence-electron chi connectivity index (χ0n) is 28.8. The van der Waals surface area contributed by atoms with Gasteiger partial charge in [-0.05, 0) is 110 Å². The van der Waals surface area contributed by atoms with E-state index >= 15 is 0 Å². The highest BCUT2D eigenvalue weighted by atomic mass is 28.4. The van der Waals surface area contributed by atoms with Gasteiger partial charge in [0.2, 0.25) is 0 Å². The van der Waals surface area contributed by atoms with Crippen molar-refractivity contribution < 1.29 is 23.5 Å². The second-order valence-electron chi connectivity index (χ2n) is 16.3. The predicted molar refractivity (Wildman–Crippen MR) is 180 cm³/mol. The van der Waals surface area contributed by atoms with Gasteiger partial charge in [-0.3, -0.25) is 0 Å². The van der Waals surface area contributed by atoms with Gasteiger partial charge in [-0.2, -0.15) is 0 Å². The number of carbonyl (C=O) groups is 1. The smallest absolute Gasteiger partial charge is 0.341 e. The molecule has 1 fully saturated rings. The number of ether oxygens (including phenoxy) is 1. The molecule has 240 valence electrons. The van der Waals surface area contributed by atoms with Crippen molar-refractivity contribution in [3.63, 3.8) is 0 Å². The highest BCUT2D eigenvalue weighted by molar-refractivity contribution is 6.74. The van der Waals surface area contributed by atoms with Crippen LogP contribution in [0, 0.1) is 17.8 Å². The maximum atomic E-state index is 11.2. The Bertz CT molecular complexity index is 1040. The third-order valence-electron chi connectivity index (χ3n) is 11.1. The molecule has 0 heterocycles. The lowest BCUT2D eigenvalue weighted by atomic mass is 9.73. The molecule has 7 heteroatoms. The number of hydrogen-bond acceptors (Lipinski definition) is 4. The third kappa shape index (κ3) is 8.73. The molecule has 3 rings (SSSR count). The minimum atomic E-state index is -1.95. The molecule has 1 saturated carbocycles. The first-order chi connectivity index (χ1) is 19.4. The van der Waals surface area contributed by atoms with E-state index in [0.717, 1.165) is 44.3 Å². The number of aliphatic carboxylic acids is 1. The van der Waals surface area contributed by atoms with Crippen LogP contribution in [-0.2, 0) is 26.5 Å². The van der Waals surface area contributed by atoms with Crippen molar-refractivity contribution in [2.75, 3.05) is 6.61 Å². The van der Waals surface area contributed by atoms with Crippen molar-refractivity contribution in [1.29, 1.82) is 0 Å². The van der Waals surface area contributed by atoms with Crippen LogP contribution in [-0.4, -0.2) is 46.5 Å². The van der Waals surface area contributed by atoms with Crippen LogP contribution in [0.1, 0.15) is 105 Å². The van der Waals surface area contributed by atoms with Crippen molar-refractivity contribution in [3.8, 4) is 5.75 Å². The molecule has 0 radical (unpaired) electrons. The lowest BCUT2D eigenvalue weighted by molar-refractivity contribution is -0.139. The SMILES string of the molecule is CCCCC[C@@H](CC[C@@H]1[C@H]2Cc3cccc(OCC(=O)O)c3C[C@H]2C[C@H]1O[Si](C)(C)C(C)(C)C)O[Si](C)(C)C(C)(C)C. The highest BCUT2D eigenvalue weighted by Gasteiger charge is 2.50. The minimum absolute atomic E-state index is 0.167. The molecule has 0 spiro atoms. The molecule has 5 nitrogen and oxygen atoms in total. The summed E-state index contributed by atoms with van der Waals surface area (Å²) in [6.07, 6.45) is 10.8. The molecule has 0 bridgehead atoms. The molecular weight excluding hydrogens is 557 g/mol. The fraction of sp³-hybridized carbons (Fsp3) is 0.800. The van der Waals surface area contributed by atoms with E-state index in [9.17, 15) is 9.90 Å². The Hall–Kier alpha value is -1.16. The van der Waals surface area contributed by atoms with Crippen molar-refractivity contribution in [3.05, 3.63) is 29.3 Å². The molecule has 1 aromatic rings. The van der Waals surface area contributed by atoms with Crippen molar-refractivity contribution in [1.82, 2.24) is 0 Å². The molecule has 1 N–H and O–H groups in total. The van der Waals surface area contributed by atoms with Crippen molar-refractivity contribution in [2.45, 2.75) is 155 Å². The van der Waals surface area contributed by atoms with Gasteiger partial charge in [0, 0.05) is 12.2 Å². The quantitative estimate of drug-likeness (QED) is 0.166. The van der Waals surface area contributed by atoms with Gasteiger partial charge in [0.25, 0.3) is 0 Å². The first-order valence-electron chi connectivity index (χ1n) is 16.7. The van der Waals surface area contributed by atoms with E-state index in [2.05, 4.69) is 80.7 Å². The molecule has 0 saturated heterocycles. The van der Waals surface area contributed by atoms with Crippen LogP contribution in [0.25, 0.3) is 0 Å². The summed E-state index contributed by atoms with van der Waals surface area (Å²) >= 11 is 0. The predicted octanol–water partition coefficient (Wildman–Crippen LogP) is 9.64. The number of hydrogen-bond donors (Lipinski definition) is 1. The van der Waals surface area contributed by atoms with Crippen LogP contribution in [0.5, 0.6) is 5.75 Å². The van der Waals surface area contributed by atoms with Crippen molar-refractivity contribution >= 4 is 22.6 Å². The summed E-state index contributed by atoms with van der Waals surface area (Å²) in [7, 11) is -3.82. The average molecular weight is 619 g/mol. The summed E-state index contributed by atoms with van der Waals surface area (Å²) in [6, 6.07) is 6.20. The number of fused-ring (bicyclic) bond motifs is 2. The number of benzene rings is 1. The average Bonchev–Trinajstić information content (AvgIpc) is 3.18. The molecule has 0 amide bonds. The standard InChI is InChI=1S/C35H62O5Si2/c1-12-13-14-17-27(39-41(8,9)34(2,3)4)19-20-28-29-21-25-16-15-18-31(38-24-33(36)37)30(25)22-26(29)23-32(28)40-42(10,11)35(5,6)7/h15-16,18,26-29,32H,12-14,17,19-24H2,1-11H3,(H,36,37)/t26-,27-,28+,29-,32+/m0/s1. The minimum Gasteiger partial charge on any atom is -0.482 e. The topological polar surface area (TPSA) is 65.0 Å². The van der Waals surface area contributed by atoms with Crippen LogP contribution in [0.4, 0.5) is 0 Å². The normalized spacial score (nSPS) is 23.8. The van der Waals surface area contributed by atoms with Gasteiger partial charge in [-0.15, -0.1) is 0 Å². The molecule has 0 aromatic heterocycles. The van der Waals surface area contributed by atoms with E-state index in [1.54, 1.807) is 0 Å². The van der Waals surface area contributed by atoms with E-state index in [1.165, 1.54) is 30.4 Å². The van der Waals surface area contributed by atoms with Crippen molar-refractivity contribution in [2.24, 2.45) is 17.8 Å². The van der Waals surface area contributed by atoms with E-state index in [1.807, 2.05) is 12.1 Å². The first-order valence-corrected chi connectivity index (χ1v) is 22.5. The van der Waals surface area contributed by atoms with E-state index in [-0.39, 0.29) is 22.8 Å². The molecule has 0 aliphatic heterocycles. The first kappa shape index (κ1) is 35.3. The molecule has 2 aliphatic carbocycles. The number of unbranched alkanes of at least 4 members (excludes halogenated alkanes) is 2. The number of carboxylic acid groups (broad SMARTS) is 1. The number of rotatable bonds is 14. The van der Waals surface area contributed by atoms with Gasteiger partial charge in [-0.25, -0.2) is 4.79 Å². The maximum Gasteiger partial charge on any atom is 0.341 e. The van der Waals surface area contributed by atoms with Crippen LogP contribution < -0.4 is 4.74 Å². The van der Waals surface area contributed by atoms with E-state index in [4.69, 9.17) is 13.6 Å². The fourth-order valence-corrected chi connectivity index (χ4v) is 9.40. The lowest BCUT2D eigenvalue weighted by Crippen LogP contribution is -2.46. The summed E-state index contributed by atoms with van der Waals surface area (Å²) in [5.41, 5.74) is 2.54. The van der Waals surface area contributed by atoms with Gasteiger partial charge < -0.3 is 18.7 Å².